The molecule has 0 radical (unpaired) electrons. The van der Waals surface area contributed by atoms with Gasteiger partial charge in [0.25, 0.3) is 7.82 Å². The zero-order valence-corrected chi connectivity index (χ0v) is 45.7. The summed E-state index contributed by atoms with van der Waals surface area (Å²) in [6.07, 6.45) is 64.9. The van der Waals surface area contributed by atoms with Gasteiger partial charge in [0.1, 0.15) is 13.2 Å². The van der Waals surface area contributed by atoms with E-state index in [0.717, 1.165) is 44.9 Å². The van der Waals surface area contributed by atoms with Gasteiger partial charge in [-0.2, -0.15) is 0 Å². The molecule has 0 bridgehead atoms. The molecule has 394 valence electrons. The summed E-state index contributed by atoms with van der Waals surface area (Å²) in [4.78, 5) is 25.4. The number of quaternary nitrogens is 1. The number of hydrogen-bond donors (Lipinski definition) is 2. The van der Waals surface area contributed by atoms with Crippen LogP contribution < -0.4 is 10.2 Å². The minimum Gasteiger partial charge on any atom is -0.756 e. The largest absolute Gasteiger partial charge is 0.756 e. The van der Waals surface area contributed by atoms with Crippen LogP contribution in [-0.4, -0.2) is 68.5 Å². The number of carbonyl (C=O) groups excluding carboxylic acids is 1. The van der Waals surface area contributed by atoms with Crippen LogP contribution in [0.3, 0.4) is 0 Å². The second-order valence-corrected chi connectivity index (χ2v) is 22.0. The Morgan fingerprint density at radius 1 is 0.507 bits per heavy atom. The van der Waals surface area contributed by atoms with Gasteiger partial charge in [0.15, 0.2) is 0 Å². The zero-order chi connectivity index (χ0) is 49.2. The topological polar surface area (TPSA) is 108 Å². The van der Waals surface area contributed by atoms with Gasteiger partial charge in [0.05, 0.1) is 39.9 Å². The number of aliphatic hydroxyl groups excluding tert-OH is 1. The lowest BCUT2D eigenvalue weighted by atomic mass is 10.0. The van der Waals surface area contributed by atoms with Crippen molar-refractivity contribution in [3.05, 3.63) is 48.6 Å². The molecule has 0 heterocycles. The van der Waals surface area contributed by atoms with Crippen molar-refractivity contribution in [2.45, 2.75) is 276 Å². The summed E-state index contributed by atoms with van der Waals surface area (Å²) < 4.78 is 23.3. The lowest BCUT2D eigenvalue weighted by molar-refractivity contribution is -0.870. The number of carbonyl (C=O) groups is 1. The Morgan fingerprint density at radius 2 is 0.836 bits per heavy atom. The average molecular weight is 964 g/mol. The third kappa shape index (κ3) is 52.1. The van der Waals surface area contributed by atoms with Crippen LogP contribution in [-0.2, 0) is 18.4 Å². The Morgan fingerprint density at radius 3 is 1.21 bits per heavy atom. The molecule has 2 N–H and O–H groups in total. The van der Waals surface area contributed by atoms with Gasteiger partial charge in [-0.25, -0.2) is 0 Å². The maximum Gasteiger partial charge on any atom is 0.268 e. The maximum absolute atomic E-state index is 12.9. The van der Waals surface area contributed by atoms with E-state index in [-0.39, 0.29) is 12.5 Å². The number of phosphoric acid groups is 1. The van der Waals surface area contributed by atoms with Crippen LogP contribution in [0.25, 0.3) is 0 Å². The molecule has 1 amide bonds. The molecule has 0 saturated heterocycles. The van der Waals surface area contributed by atoms with Crippen LogP contribution in [0.15, 0.2) is 48.6 Å². The van der Waals surface area contributed by atoms with E-state index in [9.17, 15) is 19.4 Å². The summed E-state index contributed by atoms with van der Waals surface area (Å²) in [6, 6.07) is -0.909. The molecule has 3 atom stereocenters. The lowest BCUT2D eigenvalue weighted by Gasteiger charge is -2.29. The van der Waals surface area contributed by atoms with Crippen molar-refractivity contribution < 1.29 is 32.9 Å². The average Bonchev–Trinajstić information content (AvgIpc) is 3.29. The fourth-order valence-corrected chi connectivity index (χ4v) is 8.96. The Balaban J connectivity index is 4.13. The number of hydrogen-bond acceptors (Lipinski definition) is 6. The first-order valence-electron chi connectivity index (χ1n) is 28.5. The molecule has 0 aromatic rings. The van der Waals surface area contributed by atoms with E-state index < -0.39 is 26.6 Å². The van der Waals surface area contributed by atoms with Gasteiger partial charge in [-0.15, -0.1) is 0 Å². The van der Waals surface area contributed by atoms with Gasteiger partial charge in [-0.05, 0) is 70.6 Å². The number of nitrogens with zero attached hydrogens (tertiary/aromatic N) is 1. The monoisotopic (exact) mass is 963 g/mol. The predicted molar refractivity (Wildman–Crippen MR) is 288 cm³/mol. The minimum absolute atomic E-state index is 0.00910. The molecule has 0 fully saturated rings. The molecule has 0 rings (SSSR count). The van der Waals surface area contributed by atoms with Crippen LogP contribution in [0.5, 0.6) is 0 Å². The number of amides is 1. The van der Waals surface area contributed by atoms with Crippen LogP contribution in [0.2, 0.25) is 0 Å². The highest BCUT2D eigenvalue weighted by Gasteiger charge is 2.23. The highest BCUT2D eigenvalue weighted by Crippen LogP contribution is 2.38. The number of allylic oxidation sites excluding steroid dienone is 7. The lowest BCUT2D eigenvalue weighted by Crippen LogP contribution is -2.45. The van der Waals surface area contributed by atoms with Crippen molar-refractivity contribution >= 4 is 13.7 Å². The standard InChI is InChI=1S/C58H111N2O6P/c1-6-8-10-12-14-16-18-20-22-23-24-25-26-27-28-29-30-31-32-33-34-35-36-38-40-42-44-46-48-50-52-58(62)59-56(55-66-67(63,64)65-54-53-60(3,4)5)57(61)51-49-47-45-43-41-39-37-21-19-17-15-13-11-9-7-2/h19,21,27-28,41,43,49,51,56-57,61H,6-18,20,22-26,29-40,42,44-48,50,52-55H2,1-5H3,(H-,59,62,63,64)/b21-19+,28-27-,43-41+,51-49+. The van der Waals surface area contributed by atoms with E-state index >= 15 is 0 Å². The molecule has 0 spiro atoms. The van der Waals surface area contributed by atoms with E-state index in [0.29, 0.717) is 17.4 Å². The summed E-state index contributed by atoms with van der Waals surface area (Å²) in [5, 5.41) is 13.8. The highest BCUT2D eigenvalue weighted by atomic mass is 31.2. The minimum atomic E-state index is -4.61. The molecule has 0 saturated carbocycles. The number of nitrogens with one attached hydrogen (secondary N) is 1. The second-order valence-electron chi connectivity index (χ2n) is 20.6. The molecular formula is C58H111N2O6P. The molecular weight excluding hydrogens is 852 g/mol. The van der Waals surface area contributed by atoms with Gasteiger partial charge in [-0.3, -0.25) is 9.36 Å². The van der Waals surface area contributed by atoms with Gasteiger partial charge >= 0.3 is 0 Å². The highest BCUT2D eigenvalue weighted by molar-refractivity contribution is 7.45. The molecule has 0 aromatic heterocycles. The van der Waals surface area contributed by atoms with E-state index in [1.54, 1.807) is 6.08 Å². The number of phosphoric ester groups is 1. The Hall–Kier alpha value is -1.54. The van der Waals surface area contributed by atoms with Crippen molar-refractivity contribution in [3.8, 4) is 0 Å². The summed E-state index contributed by atoms with van der Waals surface area (Å²) >= 11 is 0. The summed E-state index contributed by atoms with van der Waals surface area (Å²) in [7, 11) is 1.24. The van der Waals surface area contributed by atoms with Gasteiger partial charge in [0, 0.05) is 6.42 Å². The Bertz CT molecular complexity index is 1230. The third-order valence-corrected chi connectivity index (χ3v) is 13.7. The first-order valence-corrected chi connectivity index (χ1v) is 30.0. The quantitative estimate of drug-likeness (QED) is 0.0272. The van der Waals surface area contributed by atoms with Gasteiger partial charge in [-0.1, -0.05) is 236 Å². The first-order chi connectivity index (χ1) is 32.5. The molecule has 9 heteroatoms. The third-order valence-electron chi connectivity index (χ3n) is 12.7. The van der Waals surface area contributed by atoms with Crippen LogP contribution in [0.4, 0.5) is 0 Å². The molecule has 0 aliphatic carbocycles. The number of likely N-dealkylation sites (N-methyl/N-ethyl adjacent to an activating group) is 1. The number of aliphatic hydroxyl groups is 1. The summed E-state index contributed by atoms with van der Waals surface area (Å²) in [6.45, 7) is 4.62. The molecule has 0 aliphatic heterocycles. The summed E-state index contributed by atoms with van der Waals surface area (Å²) in [5.74, 6) is -0.210. The van der Waals surface area contributed by atoms with Crippen molar-refractivity contribution in [1.29, 1.82) is 0 Å². The first kappa shape index (κ1) is 65.5. The van der Waals surface area contributed by atoms with Crippen molar-refractivity contribution in [2.24, 2.45) is 0 Å². The normalized spacial score (nSPS) is 14.3. The van der Waals surface area contributed by atoms with Crippen LogP contribution in [0, 0.1) is 0 Å². The van der Waals surface area contributed by atoms with E-state index in [2.05, 4.69) is 55.6 Å². The second kappa shape index (κ2) is 49.4. The van der Waals surface area contributed by atoms with Crippen molar-refractivity contribution in [2.75, 3.05) is 40.9 Å². The molecule has 0 aromatic carbocycles. The zero-order valence-electron chi connectivity index (χ0n) is 44.9. The Labute approximate surface area is 416 Å². The van der Waals surface area contributed by atoms with Crippen LogP contribution in [0.1, 0.15) is 264 Å². The smallest absolute Gasteiger partial charge is 0.268 e. The van der Waals surface area contributed by atoms with E-state index in [4.69, 9.17) is 9.05 Å². The molecule has 8 nitrogen and oxygen atoms in total. The van der Waals surface area contributed by atoms with E-state index in [1.165, 1.54) is 199 Å². The van der Waals surface area contributed by atoms with Crippen LogP contribution >= 0.6 is 7.82 Å². The molecule has 3 unspecified atom stereocenters. The fourth-order valence-electron chi connectivity index (χ4n) is 8.24. The number of rotatable bonds is 52. The molecule has 0 aliphatic rings. The number of unbranched alkanes of at least 4 members (excludes halogenated alkanes) is 33. The van der Waals surface area contributed by atoms with E-state index in [1.807, 2.05) is 27.2 Å². The SMILES string of the molecule is CCCCCCC/C=C/CC/C=C/CC/C=C/C(O)C(COP(=O)([O-])OCC[N+](C)(C)C)NC(=O)CCCCCCCCCCCCCCCC/C=C\CCCCCCCCCCCCCC. The maximum atomic E-state index is 12.9. The summed E-state index contributed by atoms with van der Waals surface area (Å²) in [5.41, 5.74) is 0. The van der Waals surface area contributed by atoms with Crippen molar-refractivity contribution in [1.82, 2.24) is 5.32 Å². The van der Waals surface area contributed by atoms with Crippen molar-refractivity contribution in [3.63, 3.8) is 0 Å². The fraction of sp³-hybridized carbons (Fsp3) is 0.845. The molecule has 67 heavy (non-hydrogen) atoms. The Kier molecular flexibility index (Phi) is 48.3. The van der Waals surface area contributed by atoms with Gasteiger partial charge in [0.2, 0.25) is 5.91 Å². The van der Waals surface area contributed by atoms with Gasteiger partial charge < -0.3 is 28.8 Å². The predicted octanol–water partition coefficient (Wildman–Crippen LogP) is 16.5.